The molecule has 5 aromatic rings. The van der Waals surface area contributed by atoms with E-state index in [1.807, 2.05) is 5.48 Å². The van der Waals surface area contributed by atoms with E-state index < -0.39 is 31.3 Å². The fraction of sp³-hybridized carbons (Fsp3) is 0.387. The number of rotatable bonds is 14. The van der Waals surface area contributed by atoms with Crippen molar-refractivity contribution in [1.82, 2.24) is 35.8 Å². The summed E-state index contributed by atoms with van der Waals surface area (Å²) in [5.74, 6) is -0.253. The maximum Gasteiger partial charge on any atom is 1.00 e. The number of benzene rings is 2. The van der Waals surface area contributed by atoms with Crippen LogP contribution in [-0.4, -0.2) is 92.4 Å². The van der Waals surface area contributed by atoms with Crippen LogP contribution in [0.25, 0.3) is 11.5 Å². The molecular formula is C31H37F2N12NaO8S2. The van der Waals surface area contributed by atoms with Crippen LogP contribution in [0.1, 0.15) is 52.9 Å². The second kappa shape index (κ2) is 18.6. The van der Waals surface area contributed by atoms with E-state index in [1.165, 1.54) is 41.3 Å². The Kier molecular flexibility index (Phi) is 14.6. The van der Waals surface area contributed by atoms with E-state index in [-0.39, 0.29) is 98.9 Å². The topological polar surface area (TPSA) is 306 Å². The average molecular weight is 831 g/mol. The van der Waals surface area contributed by atoms with Crippen molar-refractivity contribution in [2.24, 2.45) is 4.99 Å². The Morgan fingerprint density at radius 3 is 2.09 bits per heavy atom. The van der Waals surface area contributed by atoms with Gasteiger partial charge in [0.05, 0.1) is 12.1 Å². The maximum atomic E-state index is 13.6. The zero-order valence-corrected chi connectivity index (χ0v) is 34.0. The smallest absolute Gasteiger partial charge is 0.870 e. The minimum atomic E-state index is -2.57. The summed E-state index contributed by atoms with van der Waals surface area (Å²) >= 11 is 0. The molecule has 0 amide bonds. The van der Waals surface area contributed by atoms with Gasteiger partial charge in [-0.15, -0.1) is 0 Å². The molecule has 2 aliphatic rings. The van der Waals surface area contributed by atoms with Crippen LogP contribution in [0.15, 0.2) is 60.0 Å². The first-order valence-electron chi connectivity index (χ1n) is 16.4. The van der Waals surface area contributed by atoms with Gasteiger partial charge >= 0.3 is 35.3 Å². The van der Waals surface area contributed by atoms with Gasteiger partial charge in [-0.25, -0.2) is 27.4 Å². The van der Waals surface area contributed by atoms with E-state index in [0.717, 1.165) is 16.7 Å². The molecule has 0 saturated heterocycles. The molecule has 7 rings (SSSR count). The first-order valence-corrected chi connectivity index (χ1v) is 20.7. The number of amidine groups is 1. The Morgan fingerprint density at radius 1 is 0.893 bits per heavy atom. The van der Waals surface area contributed by atoms with Crippen LogP contribution in [0.4, 0.5) is 20.4 Å². The molecule has 0 fully saturated rings. The number of nitrogens with one attached hydrogen (secondary N) is 5. The van der Waals surface area contributed by atoms with Crippen molar-refractivity contribution in [3.8, 4) is 11.5 Å². The molecule has 0 radical (unpaired) electrons. The third-order valence-corrected chi connectivity index (χ3v) is 10.7. The molecule has 7 N–H and O–H groups in total. The summed E-state index contributed by atoms with van der Waals surface area (Å²) in [6.45, 7) is 0.783. The Balaban J connectivity index is 0.000000241. The molecule has 2 aromatic carbocycles. The van der Waals surface area contributed by atoms with Gasteiger partial charge in [0, 0.05) is 56.6 Å². The molecule has 0 bridgehead atoms. The van der Waals surface area contributed by atoms with Gasteiger partial charge in [-0.3, -0.25) is 38.2 Å². The summed E-state index contributed by atoms with van der Waals surface area (Å²) in [5, 5.41) is 34.1. The Bertz CT molecular complexity index is 2450. The van der Waals surface area contributed by atoms with Gasteiger partial charge in [-0.1, -0.05) is 17.3 Å². The van der Waals surface area contributed by atoms with Crippen LogP contribution in [0.2, 0.25) is 0 Å². The molecule has 0 saturated carbocycles. The molecule has 0 spiro atoms. The molecule has 25 heteroatoms. The monoisotopic (exact) mass is 830 g/mol. The molecular weight excluding hydrogens is 794 g/mol. The molecule has 20 nitrogen and oxygen atoms in total. The van der Waals surface area contributed by atoms with Gasteiger partial charge in [0.2, 0.25) is 17.5 Å². The number of anilines is 2. The summed E-state index contributed by atoms with van der Waals surface area (Å²) in [6, 6.07) is 8.26. The fourth-order valence-corrected chi connectivity index (χ4v) is 7.24. The van der Waals surface area contributed by atoms with E-state index in [4.69, 9.17) is 23.3 Å². The third kappa shape index (κ3) is 10.6. The molecule has 0 aliphatic heterocycles. The number of fused-ring (bicyclic) bond motifs is 2. The van der Waals surface area contributed by atoms with Crippen LogP contribution in [-0.2, 0) is 32.3 Å². The predicted molar refractivity (Wildman–Crippen MR) is 192 cm³/mol. The first kappa shape index (κ1) is 44.1. The number of aromatic nitrogens is 6. The maximum absolute atomic E-state index is 13.6. The average Bonchev–Trinajstić information content (AvgIpc) is 3.85. The largest absolute Gasteiger partial charge is 1.00 e. The fourth-order valence-electron chi connectivity index (χ4n) is 5.85. The van der Waals surface area contributed by atoms with Gasteiger partial charge in [0.25, 0.3) is 0 Å². The van der Waals surface area contributed by atoms with Crippen molar-refractivity contribution in [3.63, 3.8) is 0 Å². The number of nitrogens with zero attached hydrogens (tertiary/aromatic N) is 7. The van der Waals surface area contributed by atoms with Crippen molar-refractivity contribution in [2.45, 2.75) is 37.8 Å². The summed E-state index contributed by atoms with van der Waals surface area (Å²) in [4.78, 5) is 16.6. The third-order valence-electron chi connectivity index (χ3n) is 8.52. The van der Waals surface area contributed by atoms with Crippen molar-refractivity contribution in [3.05, 3.63) is 86.5 Å². The molecule has 3 aromatic heterocycles. The van der Waals surface area contributed by atoms with E-state index in [9.17, 15) is 27.2 Å². The number of hydrogen-bond acceptors (Lipinski definition) is 18. The second-order valence-corrected chi connectivity index (χ2v) is 17.6. The van der Waals surface area contributed by atoms with Crippen molar-refractivity contribution >= 4 is 36.9 Å². The van der Waals surface area contributed by atoms with E-state index in [2.05, 4.69) is 41.4 Å². The molecule has 56 heavy (non-hydrogen) atoms. The zero-order valence-electron chi connectivity index (χ0n) is 30.3. The molecule has 296 valence electrons. The summed E-state index contributed by atoms with van der Waals surface area (Å²) in [5.41, 5.74) is 5.74. The van der Waals surface area contributed by atoms with E-state index >= 15 is 0 Å². The first-order chi connectivity index (χ1) is 25.7. The van der Waals surface area contributed by atoms with Crippen LogP contribution < -0.4 is 51.4 Å². The number of hydrogen-bond donors (Lipinski definition) is 6. The quantitative estimate of drug-likeness (QED) is 0.0286. The predicted octanol–water partition coefficient (Wildman–Crippen LogP) is 0.187. The van der Waals surface area contributed by atoms with Crippen molar-refractivity contribution < 1.29 is 71.2 Å². The van der Waals surface area contributed by atoms with Crippen LogP contribution in [0.5, 0.6) is 0 Å². The SMILES string of the molecule is CS(=N)(=O)CCCNc1nonc1-c1noc(=O)n1[C@H]1Cc2ccc(F)cc21.CS(=N)(=O)CCCNc1nonc1C(=N[C@H]1Cc2ccc(F)cc21)NO.[Na+].[OH-]. The molecule has 4 atom stereocenters. The van der Waals surface area contributed by atoms with Crippen LogP contribution in [0, 0.1) is 21.2 Å². The summed E-state index contributed by atoms with van der Waals surface area (Å²) in [7, 11) is -5.12. The molecule has 3 heterocycles. The van der Waals surface area contributed by atoms with Crippen molar-refractivity contribution in [1.29, 1.82) is 9.56 Å². The van der Waals surface area contributed by atoms with Gasteiger partial charge in [0.15, 0.2) is 17.2 Å². The zero-order chi connectivity index (χ0) is 38.6. The Hall–Kier alpha value is -4.59. The number of aliphatic imine (C=N–C) groups is 1. The molecule has 2 unspecified atom stereocenters. The van der Waals surface area contributed by atoms with Crippen LogP contribution >= 0.6 is 0 Å². The minimum Gasteiger partial charge on any atom is -0.870 e. The molecule has 2 aliphatic carbocycles. The van der Waals surface area contributed by atoms with Crippen molar-refractivity contribution in [2.75, 3.05) is 47.7 Å². The summed E-state index contributed by atoms with van der Waals surface area (Å²) in [6.07, 6.45) is 4.90. The van der Waals surface area contributed by atoms with Gasteiger partial charge in [-0.05, 0) is 92.8 Å². The Labute approximate surface area is 340 Å². The standard InChI is InChI=1S/C16H17FN6O4S.C15H19FN6O3S.Na.H2O/c1-28(18,25)6-2-5-19-14-13(20-27-21-14)15-22-26-16(24)23(15)12-7-9-3-4-10(17)8-11(9)12;1-26(17,24)6-2-5-18-14-13(21-25-22-14)15(20-23)19-12-7-9-3-4-10(16)8-11(9)12;;/h3-4,8,12,18H,2,5-7H2,1H3,(H,19,21);3-4,8,12,17,23H,2,5-7H2,1H3,(H,18,22)(H,19,20);;1H2/q;;+1;/p-1/t12-,28?;12-,26?;;/m00../s1. The Morgan fingerprint density at radius 2 is 1.46 bits per heavy atom. The van der Waals surface area contributed by atoms with Gasteiger partial charge < -0.3 is 16.1 Å². The minimum absolute atomic E-state index is 0. The van der Waals surface area contributed by atoms with E-state index in [0.29, 0.717) is 44.3 Å². The van der Waals surface area contributed by atoms with Gasteiger partial charge in [-0.2, -0.15) is 0 Å². The van der Waals surface area contributed by atoms with Crippen LogP contribution in [0.3, 0.4) is 0 Å². The van der Waals surface area contributed by atoms with E-state index in [1.54, 1.807) is 12.1 Å². The number of hydroxylamine groups is 1. The summed E-state index contributed by atoms with van der Waals surface area (Å²) < 4.78 is 80.1. The second-order valence-electron chi connectivity index (χ2n) is 12.8. The normalized spacial score (nSPS) is 17.4. The number of halogens is 2. The van der Waals surface area contributed by atoms with Gasteiger partial charge in [0.1, 0.15) is 11.6 Å².